The Balaban J connectivity index is 3.41. The molecule has 0 heterocycles. The fraction of sp³-hybridized carbons (Fsp3) is 0.889. The minimum absolute atomic E-state index is 0.111. The van der Waals surface area contributed by atoms with Crippen molar-refractivity contribution in [2.45, 2.75) is 39.4 Å². The van der Waals surface area contributed by atoms with Crippen LogP contribution in [0.5, 0.6) is 0 Å². The van der Waals surface area contributed by atoms with Crippen molar-refractivity contribution < 1.29 is 14.0 Å². The van der Waals surface area contributed by atoms with Crippen LogP contribution in [0.25, 0.3) is 0 Å². The van der Waals surface area contributed by atoms with E-state index in [1.807, 2.05) is 19.6 Å². The van der Waals surface area contributed by atoms with E-state index in [4.69, 9.17) is 9.16 Å². The fourth-order valence-electron chi connectivity index (χ4n) is 0.647. The molecule has 0 fully saturated rings. The highest BCUT2D eigenvalue weighted by molar-refractivity contribution is 6.69. The molecule has 0 amide bonds. The van der Waals surface area contributed by atoms with Crippen LogP contribution in [0.4, 0.5) is 0 Å². The third-order valence-corrected chi connectivity index (χ3v) is 2.39. The average Bonchev–Trinajstić information content (AvgIpc) is 2.00. The van der Waals surface area contributed by atoms with E-state index in [1.54, 1.807) is 0 Å². The molecule has 0 aliphatic rings. The quantitative estimate of drug-likeness (QED) is 0.378. The number of ether oxygens (including phenoxy) is 1. The van der Waals surface area contributed by atoms with Crippen molar-refractivity contribution in [2.75, 3.05) is 13.2 Å². The van der Waals surface area contributed by atoms with Gasteiger partial charge in [0, 0.05) is 0 Å². The predicted molar refractivity (Wildman–Crippen MR) is 55.2 cm³/mol. The smallest absolute Gasteiger partial charge is 0.330 e. The molecular weight excluding hydrogens is 184 g/mol. The number of hydrogen-bond acceptors (Lipinski definition) is 3. The largest absolute Gasteiger partial charge is 0.464 e. The van der Waals surface area contributed by atoms with Crippen molar-refractivity contribution in [1.29, 1.82) is 0 Å². The molecule has 0 aromatic heterocycles. The van der Waals surface area contributed by atoms with Crippen molar-refractivity contribution in [2.24, 2.45) is 0 Å². The molecule has 0 atom stereocenters. The van der Waals surface area contributed by atoms with Crippen LogP contribution in [0.1, 0.15) is 19.8 Å². The van der Waals surface area contributed by atoms with Gasteiger partial charge in [0.1, 0.15) is 6.61 Å². The molecule has 0 radical (unpaired) electrons. The Kier molecular flexibility index (Phi) is 5.99. The van der Waals surface area contributed by atoms with E-state index in [1.165, 1.54) is 0 Å². The van der Waals surface area contributed by atoms with Gasteiger partial charge in [-0.05, 0) is 26.1 Å². The summed E-state index contributed by atoms with van der Waals surface area (Å²) in [5.41, 5.74) is 0. The minimum atomic E-state index is -1.57. The van der Waals surface area contributed by atoms with Crippen LogP contribution in [-0.4, -0.2) is 27.5 Å². The van der Waals surface area contributed by atoms with Crippen molar-refractivity contribution in [3.8, 4) is 0 Å². The summed E-state index contributed by atoms with van der Waals surface area (Å²) in [5.74, 6) is -0.240. The molecule has 0 aromatic rings. The molecule has 0 saturated heterocycles. The molecule has 3 nitrogen and oxygen atoms in total. The van der Waals surface area contributed by atoms with Crippen molar-refractivity contribution >= 4 is 14.3 Å². The summed E-state index contributed by atoms with van der Waals surface area (Å²) in [6.07, 6.45) is 1.97. The Bertz CT molecular complexity index is 151. The molecular formula is C9H20O3Si. The first-order chi connectivity index (χ1) is 5.95. The van der Waals surface area contributed by atoms with Gasteiger partial charge >= 0.3 is 5.97 Å². The summed E-state index contributed by atoms with van der Waals surface area (Å²) in [7, 11) is -1.57. The summed E-state index contributed by atoms with van der Waals surface area (Å²) < 4.78 is 10.3. The third-order valence-electron chi connectivity index (χ3n) is 1.38. The predicted octanol–water partition coefficient (Wildman–Crippen LogP) is 2.18. The van der Waals surface area contributed by atoms with Crippen LogP contribution >= 0.6 is 0 Å². The summed E-state index contributed by atoms with van der Waals surface area (Å²) >= 11 is 0. The maximum absolute atomic E-state index is 11.0. The first kappa shape index (κ1) is 12.6. The zero-order valence-corrected chi connectivity index (χ0v) is 10.1. The van der Waals surface area contributed by atoms with Crippen LogP contribution in [0.3, 0.4) is 0 Å². The fourth-order valence-corrected chi connectivity index (χ4v) is 1.20. The molecule has 4 heteroatoms. The summed E-state index contributed by atoms with van der Waals surface area (Å²) in [6, 6.07) is 0. The maximum atomic E-state index is 11.0. The monoisotopic (exact) mass is 204 g/mol. The van der Waals surface area contributed by atoms with E-state index in [-0.39, 0.29) is 12.6 Å². The lowest BCUT2D eigenvalue weighted by Crippen LogP contribution is -2.29. The standard InChI is InChI=1S/C9H20O3Si/c1-5-6-7-11-9(10)8-12-13(2,3)4/h5-8H2,1-4H3. The van der Waals surface area contributed by atoms with Crippen LogP contribution < -0.4 is 0 Å². The molecule has 0 spiro atoms. The van der Waals surface area contributed by atoms with E-state index >= 15 is 0 Å². The molecule has 0 N–H and O–H groups in total. The number of hydrogen-bond donors (Lipinski definition) is 0. The molecule has 0 bridgehead atoms. The topological polar surface area (TPSA) is 35.5 Å². The molecule has 0 aromatic carbocycles. The average molecular weight is 204 g/mol. The van der Waals surface area contributed by atoms with Crippen LogP contribution in [0, 0.1) is 0 Å². The van der Waals surface area contributed by atoms with Gasteiger partial charge in [0.15, 0.2) is 8.32 Å². The number of esters is 1. The second-order valence-corrected chi connectivity index (χ2v) is 8.49. The Morgan fingerprint density at radius 3 is 2.38 bits per heavy atom. The van der Waals surface area contributed by atoms with Gasteiger partial charge in [0.2, 0.25) is 0 Å². The summed E-state index contributed by atoms with van der Waals surface area (Å²) in [4.78, 5) is 11.0. The normalized spacial score (nSPS) is 11.4. The number of carbonyl (C=O) groups is 1. The second kappa shape index (κ2) is 6.15. The SMILES string of the molecule is CCCCOC(=O)CO[Si](C)(C)C. The van der Waals surface area contributed by atoms with E-state index in [0.717, 1.165) is 12.8 Å². The number of rotatable bonds is 6. The van der Waals surface area contributed by atoms with Gasteiger partial charge in [0.05, 0.1) is 6.61 Å². The van der Waals surface area contributed by atoms with Gasteiger partial charge in [0.25, 0.3) is 0 Å². The van der Waals surface area contributed by atoms with Crippen LogP contribution in [0.2, 0.25) is 19.6 Å². The lowest BCUT2D eigenvalue weighted by molar-refractivity contribution is -0.146. The van der Waals surface area contributed by atoms with Crippen LogP contribution in [-0.2, 0) is 14.0 Å². The minimum Gasteiger partial charge on any atom is -0.464 e. The van der Waals surface area contributed by atoms with Gasteiger partial charge in [-0.2, -0.15) is 0 Å². The number of carbonyl (C=O) groups excluding carboxylic acids is 1. The lowest BCUT2D eigenvalue weighted by Gasteiger charge is -2.16. The number of unbranched alkanes of at least 4 members (excludes halogenated alkanes) is 1. The first-order valence-corrected chi connectivity index (χ1v) is 8.16. The Hall–Kier alpha value is -0.353. The highest BCUT2D eigenvalue weighted by Gasteiger charge is 2.16. The van der Waals surface area contributed by atoms with E-state index in [0.29, 0.717) is 6.61 Å². The third kappa shape index (κ3) is 9.56. The first-order valence-electron chi connectivity index (χ1n) is 4.75. The van der Waals surface area contributed by atoms with Gasteiger partial charge in [-0.1, -0.05) is 13.3 Å². The Morgan fingerprint density at radius 2 is 1.92 bits per heavy atom. The molecule has 78 valence electrons. The highest BCUT2D eigenvalue weighted by Crippen LogP contribution is 2.02. The molecule has 0 saturated carbocycles. The van der Waals surface area contributed by atoms with E-state index in [2.05, 4.69) is 6.92 Å². The molecule has 0 unspecified atom stereocenters. The van der Waals surface area contributed by atoms with Gasteiger partial charge < -0.3 is 9.16 Å². The van der Waals surface area contributed by atoms with E-state index in [9.17, 15) is 4.79 Å². The Labute approximate surface area is 81.6 Å². The molecule has 0 aliphatic heterocycles. The summed E-state index contributed by atoms with van der Waals surface area (Å²) in [5, 5.41) is 0. The van der Waals surface area contributed by atoms with Crippen molar-refractivity contribution in [1.82, 2.24) is 0 Å². The maximum Gasteiger partial charge on any atom is 0.330 e. The Morgan fingerprint density at radius 1 is 1.31 bits per heavy atom. The zero-order chi connectivity index (χ0) is 10.3. The molecule has 13 heavy (non-hydrogen) atoms. The summed E-state index contributed by atoms with van der Waals surface area (Å²) in [6.45, 7) is 8.83. The van der Waals surface area contributed by atoms with Crippen molar-refractivity contribution in [3.63, 3.8) is 0 Å². The van der Waals surface area contributed by atoms with Gasteiger partial charge in [-0.25, -0.2) is 4.79 Å². The molecule has 0 aliphatic carbocycles. The highest BCUT2D eigenvalue weighted by atomic mass is 28.4. The molecule has 0 rings (SSSR count). The van der Waals surface area contributed by atoms with Gasteiger partial charge in [-0.3, -0.25) is 0 Å². The van der Waals surface area contributed by atoms with Gasteiger partial charge in [-0.15, -0.1) is 0 Å². The van der Waals surface area contributed by atoms with Crippen molar-refractivity contribution in [3.05, 3.63) is 0 Å². The lowest BCUT2D eigenvalue weighted by atomic mass is 10.4. The van der Waals surface area contributed by atoms with E-state index < -0.39 is 8.32 Å². The second-order valence-electron chi connectivity index (χ2n) is 3.98. The zero-order valence-electron chi connectivity index (χ0n) is 9.05. The van der Waals surface area contributed by atoms with Crippen LogP contribution in [0.15, 0.2) is 0 Å².